The molecular formula is C28H32F2N2O2+2. The van der Waals surface area contributed by atoms with E-state index >= 15 is 4.39 Å². The largest absolute Gasteiger partial charge is 0.458 e. The van der Waals surface area contributed by atoms with E-state index in [2.05, 4.69) is 25.3 Å². The van der Waals surface area contributed by atoms with E-state index in [0.29, 0.717) is 36.1 Å². The number of hydrogen-bond acceptors (Lipinski definition) is 2. The molecule has 178 valence electrons. The number of aromatic nitrogens is 2. The Bertz CT molecular complexity index is 1230. The number of carbonyl (C=O) groups is 1. The van der Waals surface area contributed by atoms with Crippen molar-refractivity contribution >= 4 is 5.97 Å². The summed E-state index contributed by atoms with van der Waals surface area (Å²) in [5.74, 6) is -1.46. The highest BCUT2D eigenvalue weighted by Gasteiger charge is 2.59. The quantitative estimate of drug-likeness (QED) is 0.274. The van der Waals surface area contributed by atoms with Gasteiger partial charge < -0.3 is 4.74 Å². The number of esters is 1. The van der Waals surface area contributed by atoms with Gasteiger partial charge in [0.25, 0.3) is 5.69 Å². The van der Waals surface area contributed by atoms with Crippen LogP contribution in [0.15, 0.2) is 60.9 Å². The van der Waals surface area contributed by atoms with Crippen molar-refractivity contribution in [1.82, 2.24) is 0 Å². The van der Waals surface area contributed by atoms with Gasteiger partial charge in [-0.15, -0.1) is 0 Å². The summed E-state index contributed by atoms with van der Waals surface area (Å²) in [4.78, 5) is 12.6. The van der Waals surface area contributed by atoms with Crippen LogP contribution in [0.3, 0.4) is 0 Å². The Morgan fingerprint density at radius 3 is 2.47 bits per heavy atom. The molecule has 0 amide bonds. The summed E-state index contributed by atoms with van der Waals surface area (Å²) in [5.41, 5.74) is 1.45. The summed E-state index contributed by atoms with van der Waals surface area (Å²) in [7, 11) is 1.81. The number of pyridine rings is 2. The first-order valence-electron chi connectivity index (χ1n) is 11.9. The highest BCUT2D eigenvalue weighted by atomic mass is 19.1. The summed E-state index contributed by atoms with van der Waals surface area (Å²) in [6, 6.07) is 13.6. The topological polar surface area (TPSA) is 34.1 Å². The van der Waals surface area contributed by atoms with Crippen LogP contribution < -0.4 is 9.13 Å². The molecule has 0 radical (unpaired) electrons. The number of benzene rings is 1. The molecule has 1 aliphatic rings. The lowest BCUT2D eigenvalue weighted by Crippen LogP contribution is -2.69. The van der Waals surface area contributed by atoms with E-state index in [4.69, 9.17) is 4.74 Å². The Morgan fingerprint density at radius 1 is 1.03 bits per heavy atom. The first-order valence-corrected chi connectivity index (χ1v) is 11.9. The van der Waals surface area contributed by atoms with Gasteiger partial charge in [0.1, 0.15) is 18.7 Å². The molecule has 0 aliphatic carbocycles. The molecule has 4 rings (SSSR count). The number of carbonyl (C=O) groups excluding carboxylic acids is 1. The molecule has 0 spiro atoms. The zero-order valence-corrected chi connectivity index (χ0v) is 20.3. The standard InChI is InChI=1S/C28H32F2N2O2/c1-5-27(3)21-18-20(29)19-22(30)25(21)23-12-8-10-16-32(23)28(27,6-2)14-11-17-34-26(33)24-13-7-9-15-31(24)4/h7-10,12-13,15-16,18-19H,5-6,11,14,17H2,1-4H3/q+2. The molecule has 3 heterocycles. The lowest BCUT2D eigenvalue weighted by Gasteiger charge is -2.48. The summed E-state index contributed by atoms with van der Waals surface area (Å²) in [5, 5.41) is 0. The van der Waals surface area contributed by atoms with Crippen LogP contribution in [0.4, 0.5) is 8.78 Å². The van der Waals surface area contributed by atoms with Crippen LogP contribution in [0.1, 0.15) is 62.5 Å². The molecule has 0 N–H and O–H groups in total. The van der Waals surface area contributed by atoms with Crippen molar-refractivity contribution in [3.63, 3.8) is 0 Å². The first-order chi connectivity index (χ1) is 16.3. The van der Waals surface area contributed by atoms with Gasteiger partial charge in [-0.25, -0.2) is 13.6 Å². The van der Waals surface area contributed by atoms with Gasteiger partial charge in [0, 0.05) is 43.2 Å². The molecule has 0 saturated carbocycles. The Labute approximate surface area is 199 Å². The molecule has 4 nitrogen and oxygen atoms in total. The maximum absolute atomic E-state index is 15.1. The van der Waals surface area contributed by atoms with Crippen LogP contribution in [0, 0.1) is 11.6 Å². The van der Waals surface area contributed by atoms with Crippen LogP contribution in [0.5, 0.6) is 0 Å². The second kappa shape index (κ2) is 9.24. The number of nitrogens with zero attached hydrogens (tertiary/aromatic N) is 2. The Balaban J connectivity index is 1.68. The van der Waals surface area contributed by atoms with Crippen molar-refractivity contribution in [1.29, 1.82) is 0 Å². The smallest absolute Gasteiger partial charge is 0.403 e. The average molecular weight is 467 g/mol. The Hall–Kier alpha value is -3.15. The number of halogens is 2. The van der Waals surface area contributed by atoms with E-state index in [1.807, 2.05) is 30.5 Å². The predicted octanol–water partition coefficient (Wildman–Crippen LogP) is 5.17. The van der Waals surface area contributed by atoms with Crippen LogP contribution in [0.25, 0.3) is 11.3 Å². The summed E-state index contributed by atoms with van der Waals surface area (Å²) < 4.78 is 39.1. The molecule has 0 bridgehead atoms. The minimum Gasteiger partial charge on any atom is -0.458 e. The van der Waals surface area contributed by atoms with E-state index < -0.39 is 22.6 Å². The van der Waals surface area contributed by atoms with Gasteiger partial charge >= 0.3 is 5.97 Å². The molecule has 2 unspecified atom stereocenters. The molecule has 1 aromatic carbocycles. The van der Waals surface area contributed by atoms with Crippen molar-refractivity contribution < 1.29 is 27.4 Å². The summed E-state index contributed by atoms with van der Waals surface area (Å²) >= 11 is 0. The SMILES string of the molecule is CCC1(C)c2cc(F)cc(F)c2-c2cccc[n+]2C1(CC)CCCOC(=O)c1cccc[n+]1C. The van der Waals surface area contributed by atoms with Gasteiger partial charge in [-0.2, -0.15) is 9.13 Å². The molecule has 2 aromatic heterocycles. The van der Waals surface area contributed by atoms with Gasteiger partial charge in [-0.3, -0.25) is 0 Å². The van der Waals surface area contributed by atoms with Crippen molar-refractivity contribution in [3.8, 4) is 11.3 Å². The molecule has 1 aliphatic heterocycles. The van der Waals surface area contributed by atoms with E-state index in [-0.39, 0.29) is 12.6 Å². The monoisotopic (exact) mass is 466 g/mol. The summed E-state index contributed by atoms with van der Waals surface area (Å²) in [6.45, 7) is 6.56. The fraction of sp³-hybridized carbons (Fsp3) is 0.393. The van der Waals surface area contributed by atoms with Crippen LogP contribution in [-0.2, 0) is 22.7 Å². The lowest BCUT2D eigenvalue weighted by atomic mass is 9.58. The molecule has 0 saturated heterocycles. The minimum atomic E-state index is -0.560. The van der Waals surface area contributed by atoms with Gasteiger partial charge in [0.2, 0.25) is 5.69 Å². The van der Waals surface area contributed by atoms with Gasteiger partial charge in [0.15, 0.2) is 17.9 Å². The van der Waals surface area contributed by atoms with Crippen molar-refractivity contribution in [2.45, 2.75) is 57.4 Å². The minimum absolute atomic E-state index is 0.266. The Kier molecular flexibility index (Phi) is 6.52. The third kappa shape index (κ3) is 3.69. The zero-order valence-electron chi connectivity index (χ0n) is 20.3. The number of rotatable bonds is 7. The molecule has 6 heteroatoms. The third-order valence-corrected chi connectivity index (χ3v) is 7.78. The van der Waals surface area contributed by atoms with Crippen molar-refractivity contribution in [2.24, 2.45) is 7.05 Å². The molecule has 34 heavy (non-hydrogen) atoms. The second-order valence-corrected chi connectivity index (χ2v) is 9.27. The fourth-order valence-corrected chi connectivity index (χ4v) is 5.80. The number of fused-ring (bicyclic) bond motifs is 3. The number of ether oxygens (including phenoxy) is 1. The zero-order chi connectivity index (χ0) is 24.5. The van der Waals surface area contributed by atoms with E-state index in [1.54, 1.807) is 29.9 Å². The fourth-order valence-electron chi connectivity index (χ4n) is 5.80. The average Bonchev–Trinajstić information content (AvgIpc) is 2.83. The van der Waals surface area contributed by atoms with E-state index in [0.717, 1.165) is 18.2 Å². The van der Waals surface area contributed by atoms with Crippen LogP contribution in [0.2, 0.25) is 0 Å². The Morgan fingerprint density at radius 2 is 1.76 bits per heavy atom. The predicted molar refractivity (Wildman–Crippen MR) is 125 cm³/mol. The van der Waals surface area contributed by atoms with E-state index in [1.165, 1.54) is 6.07 Å². The summed E-state index contributed by atoms with van der Waals surface area (Å²) in [6.07, 6.45) is 6.59. The normalized spacial score (nSPS) is 21.0. The first kappa shape index (κ1) is 24.0. The molecule has 2 atom stereocenters. The second-order valence-electron chi connectivity index (χ2n) is 9.27. The maximum atomic E-state index is 15.1. The van der Waals surface area contributed by atoms with Crippen molar-refractivity contribution in [3.05, 3.63) is 83.8 Å². The van der Waals surface area contributed by atoms with Crippen molar-refractivity contribution in [2.75, 3.05) is 6.61 Å². The molecular weight excluding hydrogens is 434 g/mol. The maximum Gasteiger partial charge on any atom is 0.403 e. The van der Waals surface area contributed by atoms with Crippen LogP contribution >= 0.6 is 0 Å². The van der Waals surface area contributed by atoms with Gasteiger partial charge in [-0.05, 0) is 43.5 Å². The molecule has 0 fully saturated rings. The molecule has 3 aromatic rings. The highest BCUT2D eigenvalue weighted by Crippen LogP contribution is 2.52. The van der Waals surface area contributed by atoms with E-state index in [9.17, 15) is 9.18 Å². The van der Waals surface area contributed by atoms with Gasteiger partial charge in [0.05, 0.1) is 17.6 Å². The van der Waals surface area contributed by atoms with Crippen LogP contribution in [-0.4, -0.2) is 12.6 Å². The highest BCUT2D eigenvalue weighted by molar-refractivity contribution is 5.85. The number of aryl methyl sites for hydroxylation is 1. The lowest BCUT2D eigenvalue weighted by molar-refractivity contribution is -0.770. The third-order valence-electron chi connectivity index (χ3n) is 7.78. The van der Waals surface area contributed by atoms with Gasteiger partial charge in [-0.1, -0.05) is 13.8 Å². The number of hydrogen-bond donors (Lipinski definition) is 0.